The zero-order chi connectivity index (χ0) is 15.9. The summed E-state index contributed by atoms with van der Waals surface area (Å²) in [4.78, 5) is 23.4. The van der Waals surface area contributed by atoms with E-state index >= 15 is 0 Å². The van der Waals surface area contributed by atoms with Crippen LogP contribution in [-0.4, -0.2) is 18.4 Å². The predicted octanol–water partition coefficient (Wildman–Crippen LogP) is 2.72. The van der Waals surface area contributed by atoms with Crippen LogP contribution >= 0.6 is 0 Å². The molecule has 22 heavy (non-hydrogen) atoms. The smallest absolute Gasteiger partial charge is 0.251 e. The van der Waals surface area contributed by atoms with E-state index in [0.717, 1.165) is 0 Å². The lowest BCUT2D eigenvalue weighted by molar-refractivity contribution is -0.116. The summed E-state index contributed by atoms with van der Waals surface area (Å²) in [6, 6.07) is 10.5. The van der Waals surface area contributed by atoms with Crippen LogP contribution < -0.4 is 10.6 Å². The normalized spacial score (nSPS) is 10.1. The van der Waals surface area contributed by atoms with Crippen molar-refractivity contribution in [2.75, 3.05) is 11.9 Å². The van der Waals surface area contributed by atoms with Crippen molar-refractivity contribution in [2.24, 2.45) is 0 Å². The van der Waals surface area contributed by atoms with Gasteiger partial charge in [0, 0.05) is 24.2 Å². The fourth-order valence-corrected chi connectivity index (χ4v) is 1.75. The van der Waals surface area contributed by atoms with E-state index in [1.165, 1.54) is 48.5 Å². The fourth-order valence-electron chi connectivity index (χ4n) is 1.75. The summed E-state index contributed by atoms with van der Waals surface area (Å²) in [5.41, 5.74) is 0.802. The van der Waals surface area contributed by atoms with Gasteiger partial charge in [-0.05, 0) is 48.5 Å². The van der Waals surface area contributed by atoms with Crippen molar-refractivity contribution in [2.45, 2.75) is 6.42 Å². The maximum Gasteiger partial charge on any atom is 0.251 e. The van der Waals surface area contributed by atoms with Crippen molar-refractivity contribution in [1.29, 1.82) is 0 Å². The first kappa shape index (κ1) is 15.6. The zero-order valence-electron chi connectivity index (χ0n) is 11.6. The topological polar surface area (TPSA) is 58.2 Å². The van der Waals surface area contributed by atoms with Crippen LogP contribution in [0, 0.1) is 11.6 Å². The second kappa shape index (κ2) is 7.31. The highest BCUT2D eigenvalue weighted by Crippen LogP contribution is 2.08. The minimum Gasteiger partial charge on any atom is -0.352 e. The average molecular weight is 304 g/mol. The summed E-state index contributed by atoms with van der Waals surface area (Å²) in [7, 11) is 0. The summed E-state index contributed by atoms with van der Waals surface area (Å²) >= 11 is 0. The van der Waals surface area contributed by atoms with Gasteiger partial charge in [0.25, 0.3) is 5.91 Å². The molecule has 2 rings (SSSR count). The number of nitrogens with one attached hydrogen (secondary N) is 2. The highest BCUT2D eigenvalue weighted by atomic mass is 19.1. The molecule has 0 spiro atoms. The molecule has 0 saturated heterocycles. The second-order valence-corrected chi connectivity index (χ2v) is 4.57. The molecule has 0 heterocycles. The van der Waals surface area contributed by atoms with E-state index in [2.05, 4.69) is 10.6 Å². The Bertz CT molecular complexity index is 655. The summed E-state index contributed by atoms with van der Waals surface area (Å²) in [6.45, 7) is 0.142. The van der Waals surface area contributed by atoms with E-state index in [4.69, 9.17) is 0 Å². The highest BCUT2D eigenvalue weighted by molar-refractivity contribution is 5.95. The van der Waals surface area contributed by atoms with Gasteiger partial charge < -0.3 is 10.6 Å². The van der Waals surface area contributed by atoms with Crippen LogP contribution in [0.5, 0.6) is 0 Å². The van der Waals surface area contributed by atoms with Gasteiger partial charge in [-0.1, -0.05) is 0 Å². The molecule has 0 radical (unpaired) electrons. The maximum absolute atomic E-state index is 12.7. The maximum atomic E-state index is 12.7. The molecule has 0 fully saturated rings. The Morgan fingerprint density at radius 1 is 0.864 bits per heavy atom. The van der Waals surface area contributed by atoms with Crippen LogP contribution in [0.25, 0.3) is 0 Å². The molecule has 114 valence electrons. The number of carbonyl (C=O) groups is 2. The van der Waals surface area contributed by atoms with Gasteiger partial charge in [0.05, 0.1) is 0 Å². The van der Waals surface area contributed by atoms with E-state index in [1.807, 2.05) is 0 Å². The first-order valence-electron chi connectivity index (χ1n) is 6.64. The Morgan fingerprint density at radius 3 is 2.00 bits per heavy atom. The van der Waals surface area contributed by atoms with Crippen molar-refractivity contribution in [3.63, 3.8) is 0 Å². The van der Waals surface area contributed by atoms with Crippen molar-refractivity contribution in [3.05, 3.63) is 65.7 Å². The summed E-state index contributed by atoms with van der Waals surface area (Å²) in [5, 5.41) is 5.15. The second-order valence-electron chi connectivity index (χ2n) is 4.57. The van der Waals surface area contributed by atoms with E-state index < -0.39 is 5.82 Å². The van der Waals surface area contributed by atoms with Gasteiger partial charge in [-0.3, -0.25) is 9.59 Å². The van der Waals surface area contributed by atoms with Crippen molar-refractivity contribution < 1.29 is 18.4 Å². The minimum absolute atomic E-state index is 0.0737. The van der Waals surface area contributed by atoms with Gasteiger partial charge >= 0.3 is 0 Å². The summed E-state index contributed by atoms with van der Waals surface area (Å²) in [6.07, 6.45) is 0.0737. The summed E-state index contributed by atoms with van der Waals surface area (Å²) < 4.78 is 25.4. The first-order valence-corrected chi connectivity index (χ1v) is 6.64. The van der Waals surface area contributed by atoms with E-state index in [9.17, 15) is 18.4 Å². The number of carbonyl (C=O) groups excluding carboxylic acids is 2. The lowest BCUT2D eigenvalue weighted by Crippen LogP contribution is -2.27. The van der Waals surface area contributed by atoms with E-state index in [0.29, 0.717) is 11.3 Å². The Labute approximate surface area is 126 Å². The molecule has 2 aromatic carbocycles. The van der Waals surface area contributed by atoms with Crippen LogP contribution in [-0.2, 0) is 4.79 Å². The standard InChI is InChI=1S/C16H14F2N2O2/c17-12-3-1-11(2-4-12)16(22)19-10-9-15(21)20-14-7-5-13(18)6-8-14/h1-8H,9-10H2,(H,19,22)(H,20,21). The third-order valence-corrected chi connectivity index (χ3v) is 2.87. The van der Waals surface area contributed by atoms with Crippen LogP contribution in [0.15, 0.2) is 48.5 Å². The third-order valence-electron chi connectivity index (χ3n) is 2.87. The van der Waals surface area contributed by atoms with Gasteiger partial charge in [-0.2, -0.15) is 0 Å². The molecule has 2 amide bonds. The highest BCUT2D eigenvalue weighted by Gasteiger charge is 2.07. The van der Waals surface area contributed by atoms with Gasteiger partial charge in [0.1, 0.15) is 11.6 Å². The predicted molar refractivity (Wildman–Crippen MR) is 78.4 cm³/mol. The molecule has 0 aromatic heterocycles. The first-order chi connectivity index (χ1) is 10.5. The Kier molecular flexibility index (Phi) is 5.19. The van der Waals surface area contributed by atoms with Gasteiger partial charge in [-0.15, -0.1) is 0 Å². The van der Waals surface area contributed by atoms with Gasteiger partial charge in [0.15, 0.2) is 0 Å². The average Bonchev–Trinajstić information content (AvgIpc) is 2.50. The number of benzene rings is 2. The molecule has 0 saturated carbocycles. The van der Waals surface area contributed by atoms with Crippen molar-refractivity contribution in [1.82, 2.24) is 5.32 Å². The zero-order valence-corrected chi connectivity index (χ0v) is 11.6. The molecule has 2 aromatic rings. The molecule has 0 aliphatic rings. The molecule has 6 heteroatoms. The Balaban J connectivity index is 1.75. The van der Waals surface area contributed by atoms with E-state index in [-0.39, 0.29) is 30.6 Å². The number of halogens is 2. The number of hydrogen-bond donors (Lipinski definition) is 2. The number of rotatable bonds is 5. The van der Waals surface area contributed by atoms with Crippen LogP contribution in [0.1, 0.15) is 16.8 Å². The fraction of sp³-hybridized carbons (Fsp3) is 0.125. The van der Waals surface area contributed by atoms with Crippen molar-refractivity contribution in [3.8, 4) is 0 Å². The molecule has 2 N–H and O–H groups in total. The lowest BCUT2D eigenvalue weighted by atomic mass is 10.2. The largest absolute Gasteiger partial charge is 0.352 e. The quantitative estimate of drug-likeness (QED) is 0.892. The van der Waals surface area contributed by atoms with E-state index in [1.54, 1.807) is 0 Å². The minimum atomic E-state index is -0.421. The molecule has 0 aliphatic heterocycles. The lowest BCUT2D eigenvalue weighted by Gasteiger charge is -2.07. The van der Waals surface area contributed by atoms with Crippen molar-refractivity contribution >= 4 is 17.5 Å². The van der Waals surface area contributed by atoms with Gasteiger partial charge in [0.2, 0.25) is 5.91 Å². The molecular weight excluding hydrogens is 290 g/mol. The van der Waals surface area contributed by atoms with Crippen LogP contribution in [0.4, 0.5) is 14.5 Å². The monoisotopic (exact) mass is 304 g/mol. The Morgan fingerprint density at radius 2 is 1.41 bits per heavy atom. The molecular formula is C16H14F2N2O2. The molecule has 0 unspecified atom stereocenters. The van der Waals surface area contributed by atoms with Crippen LogP contribution in [0.3, 0.4) is 0 Å². The third kappa shape index (κ3) is 4.66. The van der Waals surface area contributed by atoms with Gasteiger partial charge in [-0.25, -0.2) is 8.78 Å². The Hall–Kier alpha value is -2.76. The summed E-state index contributed by atoms with van der Waals surface area (Å²) in [5.74, 6) is -1.49. The van der Waals surface area contributed by atoms with Crippen LogP contribution in [0.2, 0.25) is 0 Å². The molecule has 0 bridgehead atoms. The number of hydrogen-bond acceptors (Lipinski definition) is 2. The molecule has 0 aliphatic carbocycles. The molecule has 0 atom stereocenters. The number of amides is 2. The SMILES string of the molecule is O=C(CCNC(=O)c1ccc(F)cc1)Nc1ccc(F)cc1. The molecule has 4 nitrogen and oxygen atoms in total. The number of anilines is 1.